The van der Waals surface area contributed by atoms with Crippen LogP contribution >= 0.6 is 0 Å². The molecule has 0 bridgehead atoms. The van der Waals surface area contributed by atoms with Crippen LogP contribution in [0.3, 0.4) is 0 Å². The number of carbonyl (C=O) groups is 1. The fraction of sp³-hybridized carbons (Fsp3) is 0.471. The van der Waals surface area contributed by atoms with Crippen molar-refractivity contribution in [2.24, 2.45) is 11.7 Å². The zero-order valence-corrected chi connectivity index (χ0v) is 12.7. The van der Waals surface area contributed by atoms with Crippen molar-refractivity contribution in [3.8, 4) is 0 Å². The second-order valence-corrected chi connectivity index (χ2v) is 6.27. The first kappa shape index (κ1) is 14.1. The SMILES string of the molecule is CC(C)[C@H](N)C(=O)N1CCC[C@H]1c1cc2ccccc2[nH]1. The number of likely N-dealkylation sites (tertiary alicyclic amines) is 1. The lowest BCUT2D eigenvalue weighted by molar-refractivity contribution is -0.134. The van der Waals surface area contributed by atoms with Gasteiger partial charge in [-0.15, -0.1) is 0 Å². The summed E-state index contributed by atoms with van der Waals surface area (Å²) in [5.41, 5.74) is 8.30. The minimum Gasteiger partial charge on any atom is -0.357 e. The van der Waals surface area contributed by atoms with Gasteiger partial charge in [-0.05, 0) is 36.3 Å². The van der Waals surface area contributed by atoms with Gasteiger partial charge in [0.15, 0.2) is 0 Å². The predicted octanol–water partition coefficient (Wildman–Crippen LogP) is 2.81. The average Bonchev–Trinajstić information content (AvgIpc) is 3.11. The van der Waals surface area contributed by atoms with Crippen LogP contribution in [-0.4, -0.2) is 28.4 Å². The van der Waals surface area contributed by atoms with E-state index in [9.17, 15) is 4.79 Å². The molecule has 2 heterocycles. The normalized spacial score (nSPS) is 20.4. The van der Waals surface area contributed by atoms with Crippen LogP contribution in [0, 0.1) is 5.92 Å². The summed E-state index contributed by atoms with van der Waals surface area (Å²) in [6.07, 6.45) is 2.04. The van der Waals surface area contributed by atoms with Crippen LogP contribution in [0.5, 0.6) is 0 Å². The van der Waals surface area contributed by atoms with Gasteiger partial charge in [0.25, 0.3) is 0 Å². The van der Waals surface area contributed by atoms with Gasteiger partial charge in [-0.25, -0.2) is 0 Å². The minimum absolute atomic E-state index is 0.0751. The van der Waals surface area contributed by atoms with Crippen molar-refractivity contribution in [1.29, 1.82) is 0 Å². The van der Waals surface area contributed by atoms with Crippen LogP contribution in [-0.2, 0) is 4.79 Å². The number of aromatic nitrogens is 1. The number of nitrogens with zero attached hydrogens (tertiary/aromatic N) is 1. The van der Waals surface area contributed by atoms with Gasteiger partial charge >= 0.3 is 0 Å². The van der Waals surface area contributed by atoms with E-state index in [1.807, 2.05) is 30.9 Å². The van der Waals surface area contributed by atoms with E-state index < -0.39 is 6.04 Å². The summed E-state index contributed by atoms with van der Waals surface area (Å²) < 4.78 is 0. The molecular weight excluding hydrogens is 262 g/mol. The van der Waals surface area contributed by atoms with Crippen molar-refractivity contribution in [3.05, 3.63) is 36.0 Å². The van der Waals surface area contributed by atoms with Gasteiger partial charge in [-0.1, -0.05) is 32.0 Å². The highest BCUT2D eigenvalue weighted by molar-refractivity contribution is 5.84. The van der Waals surface area contributed by atoms with Gasteiger partial charge in [0, 0.05) is 17.8 Å². The predicted molar refractivity (Wildman–Crippen MR) is 84.8 cm³/mol. The lowest BCUT2D eigenvalue weighted by atomic mass is 10.0. The monoisotopic (exact) mass is 285 g/mol. The Balaban J connectivity index is 1.88. The van der Waals surface area contributed by atoms with Crippen molar-refractivity contribution in [2.75, 3.05) is 6.54 Å². The summed E-state index contributed by atoms with van der Waals surface area (Å²) >= 11 is 0. The highest BCUT2D eigenvalue weighted by atomic mass is 16.2. The molecule has 1 aromatic heterocycles. The first-order chi connectivity index (χ1) is 10.1. The third-order valence-electron chi connectivity index (χ3n) is 4.45. The lowest BCUT2D eigenvalue weighted by Crippen LogP contribution is -2.46. The maximum atomic E-state index is 12.6. The number of amides is 1. The summed E-state index contributed by atoms with van der Waals surface area (Å²) in [6.45, 7) is 4.80. The zero-order chi connectivity index (χ0) is 15.0. The molecule has 0 radical (unpaired) electrons. The van der Waals surface area contributed by atoms with E-state index in [2.05, 4.69) is 23.2 Å². The Kier molecular flexibility index (Phi) is 3.72. The summed E-state index contributed by atoms with van der Waals surface area (Å²) in [6, 6.07) is 10.1. The van der Waals surface area contributed by atoms with Crippen molar-refractivity contribution in [2.45, 2.75) is 38.8 Å². The van der Waals surface area contributed by atoms with Crippen LogP contribution in [0.15, 0.2) is 30.3 Å². The first-order valence-corrected chi connectivity index (χ1v) is 7.71. The summed E-state index contributed by atoms with van der Waals surface area (Å²) in [5.74, 6) is 0.243. The van der Waals surface area contributed by atoms with Crippen LogP contribution in [0.2, 0.25) is 0 Å². The number of nitrogens with one attached hydrogen (secondary N) is 1. The largest absolute Gasteiger partial charge is 0.357 e. The molecule has 21 heavy (non-hydrogen) atoms. The van der Waals surface area contributed by atoms with Gasteiger partial charge in [0.1, 0.15) is 0 Å². The number of carbonyl (C=O) groups excluding carboxylic acids is 1. The topological polar surface area (TPSA) is 62.1 Å². The summed E-state index contributed by atoms with van der Waals surface area (Å²) in [7, 11) is 0. The average molecular weight is 285 g/mol. The molecule has 0 unspecified atom stereocenters. The molecule has 0 spiro atoms. The van der Waals surface area contributed by atoms with Gasteiger partial charge in [-0.2, -0.15) is 0 Å². The van der Waals surface area contributed by atoms with E-state index >= 15 is 0 Å². The number of aromatic amines is 1. The third-order valence-corrected chi connectivity index (χ3v) is 4.45. The lowest BCUT2D eigenvalue weighted by Gasteiger charge is -2.28. The van der Waals surface area contributed by atoms with Crippen LogP contribution in [0.4, 0.5) is 0 Å². The smallest absolute Gasteiger partial charge is 0.240 e. The number of para-hydroxylation sites is 1. The molecule has 1 aromatic carbocycles. The molecule has 0 saturated carbocycles. The number of nitrogens with two attached hydrogens (primary N) is 1. The van der Waals surface area contributed by atoms with Gasteiger partial charge < -0.3 is 15.6 Å². The molecule has 2 aromatic rings. The molecule has 2 atom stereocenters. The zero-order valence-electron chi connectivity index (χ0n) is 12.7. The van der Waals surface area contributed by atoms with Gasteiger partial charge in [0.05, 0.1) is 12.1 Å². The van der Waals surface area contributed by atoms with Gasteiger partial charge in [0.2, 0.25) is 5.91 Å². The Labute approximate surface area is 125 Å². The number of hydrogen-bond donors (Lipinski definition) is 2. The summed E-state index contributed by atoms with van der Waals surface area (Å²) in [4.78, 5) is 18.0. The van der Waals surface area contributed by atoms with Crippen molar-refractivity contribution in [3.63, 3.8) is 0 Å². The molecule has 0 aliphatic carbocycles. The fourth-order valence-corrected chi connectivity index (χ4v) is 3.11. The Morgan fingerprint density at radius 3 is 2.86 bits per heavy atom. The molecule has 1 aliphatic rings. The first-order valence-electron chi connectivity index (χ1n) is 7.71. The van der Waals surface area contributed by atoms with E-state index in [0.29, 0.717) is 0 Å². The molecule has 1 saturated heterocycles. The van der Waals surface area contributed by atoms with Gasteiger partial charge in [-0.3, -0.25) is 4.79 Å². The van der Waals surface area contributed by atoms with Crippen molar-refractivity contribution in [1.82, 2.24) is 9.88 Å². The molecule has 112 valence electrons. The second kappa shape index (κ2) is 5.53. The number of fused-ring (bicyclic) bond motifs is 1. The number of rotatable bonds is 3. The van der Waals surface area contributed by atoms with E-state index in [0.717, 1.165) is 30.6 Å². The maximum absolute atomic E-state index is 12.6. The van der Waals surface area contributed by atoms with Crippen molar-refractivity contribution < 1.29 is 4.79 Å². The molecule has 3 rings (SSSR count). The van der Waals surface area contributed by atoms with Crippen LogP contribution < -0.4 is 5.73 Å². The molecule has 1 fully saturated rings. The molecule has 1 amide bonds. The Hall–Kier alpha value is -1.81. The molecule has 4 nitrogen and oxygen atoms in total. The van der Waals surface area contributed by atoms with E-state index in [1.165, 1.54) is 5.39 Å². The third kappa shape index (κ3) is 2.56. The molecule has 4 heteroatoms. The Morgan fingerprint density at radius 2 is 2.14 bits per heavy atom. The van der Waals surface area contributed by atoms with Crippen LogP contribution in [0.25, 0.3) is 10.9 Å². The standard InChI is InChI=1S/C17H23N3O/c1-11(2)16(18)17(21)20-9-5-8-15(20)14-10-12-6-3-4-7-13(12)19-14/h3-4,6-7,10-11,15-16,19H,5,8-9,18H2,1-2H3/t15-,16-/m0/s1. The minimum atomic E-state index is -0.407. The van der Waals surface area contributed by atoms with E-state index in [4.69, 9.17) is 5.73 Å². The number of H-pyrrole nitrogens is 1. The Morgan fingerprint density at radius 1 is 1.38 bits per heavy atom. The molecule has 1 aliphatic heterocycles. The highest BCUT2D eigenvalue weighted by Crippen LogP contribution is 2.33. The molecule has 3 N–H and O–H groups in total. The van der Waals surface area contributed by atoms with E-state index in [-0.39, 0.29) is 17.9 Å². The van der Waals surface area contributed by atoms with Crippen molar-refractivity contribution >= 4 is 16.8 Å². The quantitative estimate of drug-likeness (QED) is 0.911. The van der Waals surface area contributed by atoms with E-state index in [1.54, 1.807) is 0 Å². The Bertz CT molecular complexity index is 613. The number of hydrogen-bond acceptors (Lipinski definition) is 2. The molecular formula is C17H23N3O. The number of benzene rings is 1. The highest BCUT2D eigenvalue weighted by Gasteiger charge is 2.34. The summed E-state index contributed by atoms with van der Waals surface area (Å²) in [5, 5.41) is 1.19. The maximum Gasteiger partial charge on any atom is 0.240 e. The van der Waals surface area contributed by atoms with Crippen LogP contribution in [0.1, 0.15) is 38.4 Å². The fourth-order valence-electron chi connectivity index (χ4n) is 3.11. The second-order valence-electron chi connectivity index (χ2n) is 6.27.